The lowest BCUT2D eigenvalue weighted by Gasteiger charge is -2.32. The Kier molecular flexibility index (Phi) is 5.31. The summed E-state index contributed by atoms with van der Waals surface area (Å²) in [5.41, 5.74) is 8.25. The van der Waals surface area contributed by atoms with E-state index < -0.39 is 11.4 Å². The van der Waals surface area contributed by atoms with Crippen molar-refractivity contribution in [1.29, 1.82) is 0 Å². The monoisotopic (exact) mass is 468 g/mol. The second kappa shape index (κ2) is 8.08. The number of hydrogen-bond acceptors (Lipinski definition) is 8. The summed E-state index contributed by atoms with van der Waals surface area (Å²) in [6, 6.07) is 2.88. The van der Waals surface area contributed by atoms with Crippen LogP contribution >= 0.6 is 0 Å². The van der Waals surface area contributed by atoms with Crippen LogP contribution in [0.2, 0.25) is 0 Å². The van der Waals surface area contributed by atoms with Gasteiger partial charge in [0.25, 0.3) is 0 Å². The molecule has 5 rings (SSSR count). The van der Waals surface area contributed by atoms with Crippen LogP contribution in [-0.2, 0) is 6.54 Å². The van der Waals surface area contributed by atoms with Crippen LogP contribution in [0.5, 0.6) is 5.75 Å². The zero-order valence-corrected chi connectivity index (χ0v) is 19.8. The molecule has 0 saturated carbocycles. The minimum atomic E-state index is -0.846. The Labute approximate surface area is 196 Å². The van der Waals surface area contributed by atoms with E-state index in [0.29, 0.717) is 28.9 Å². The average Bonchev–Trinajstić information content (AvgIpc) is 3.37. The van der Waals surface area contributed by atoms with Crippen LogP contribution in [0.15, 0.2) is 18.3 Å². The van der Waals surface area contributed by atoms with Gasteiger partial charge >= 0.3 is 0 Å². The highest BCUT2D eigenvalue weighted by atomic mass is 19.1. The molecule has 0 bridgehead atoms. The minimum absolute atomic E-state index is 0.0724. The maximum absolute atomic E-state index is 14.4. The van der Waals surface area contributed by atoms with Crippen LogP contribution in [0.1, 0.15) is 44.1 Å². The van der Waals surface area contributed by atoms with E-state index in [9.17, 15) is 9.50 Å². The fraction of sp³-hybridized carbons (Fsp3) is 0.478. The predicted octanol–water partition coefficient (Wildman–Crippen LogP) is 2.67. The Balaban J connectivity index is 1.48. The molecule has 1 aromatic carbocycles. The lowest BCUT2D eigenvalue weighted by Crippen LogP contribution is -2.35. The number of rotatable bonds is 5. The van der Waals surface area contributed by atoms with E-state index in [1.54, 1.807) is 18.5 Å². The van der Waals surface area contributed by atoms with Crippen LogP contribution < -0.4 is 15.4 Å². The lowest BCUT2D eigenvalue weighted by atomic mass is 9.97. The number of methoxy groups -OCH3 is 1. The number of nitrogens with zero attached hydrogens (tertiary/aromatic N) is 7. The molecule has 3 N–H and O–H groups in total. The third-order valence-corrected chi connectivity index (χ3v) is 6.18. The topological polar surface area (TPSA) is 120 Å². The molecular weight excluding hydrogens is 439 g/mol. The predicted molar refractivity (Wildman–Crippen MR) is 127 cm³/mol. The van der Waals surface area contributed by atoms with Crippen molar-refractivity contribution in [3.8, 4) is 5.75 Å². The molecule has 3 aromatic heterocycles. The summed E-state index contributed by atoms with van der Waals surface area (Å²) in [7, 11) is 1.41. The smallest absolute Gasteiger partial charge is 0.223 e. The van der Waals surface area contributed by atoms with Crippen LogP contribution in [-0.4, -0.2) is 60.3 Å². The van der Waals surface area contributed by atoms with Gasteiger partial charge in [-0.1, -0.05) is 0 Å². The molecule has 0 amide bonds. The van der Waals surface area contributed by atoms with Crippen LogP contribution in [0, 0.1) is 12.7 Å². The largest absolute Gasteiger partial charge is 0.494 e. The normalized spacial score (nSPS) is 17.1. The van der Waals surface area contributed by atoms with E-state index in [1.807, 2.05) is 13.1 Å². The average molecular weight is 469 g/mol. The Morgan fingerprint density at radius 1 is 1.26 bits per heavy atom. The Hall–Kier alpha value is -3.47. The number of nitrogens with two attached hydrogens (primary N) is 1. The molecule has 180 valence electrons. The Morgan fingerprint density at radius 2 is 2.06 bits per heavy atom. The molecule has 4 heterocycles. The van der Waals surface area contributed by atoms with E-state index in [2.05, 4.69) is 20.1 Å². The van der Waals surface area contributed by atoms with Gasteiger partial charge in [-0.25, -0.2) is 14.4 Å². The van der Waals surface area contributed by atoms with E-state index in [1.165, 1.54) is 23.8 Å². The first-order valence-electron chi connectivity index (χ1n) is 11.3. The van der Waals surface area contributed by atoms with Crippen molar-refractivity contribution < 1.29 is 14.2 Å². The first-order chi connectivity index (χ1) is 16.1. The summed E-state index contributed by atoms with van der Waals surface area (Å²) in [5.74, 6) is 0.528. The van der Waals surface area contributed by atoms with Crippen LogP contribution in [0.4, 0.5) is 16.0 Å². The number of aryl methyl sites for hydroxylation is 1. The van der Waals surface area contributed by atoms with E-state index in [-0.39, 0.29) is 17.6 Å². The molecule has 4 aromatic rings. The summed E-state index contributed by atoms with van der Waals surface area (Å²) >= 11 is 0. The molecule has 34 heavy (non-hydrogen) atoms. The van der Waals surface area contributed by atoms with Crippen LogP contribution in [0.25, 0.3) is 16.6 Å². The molecule has 10 nitrogen and oxygen atoms in total. The number of aromatic nitrogens is 6. The van der Waals surface area contributed by atoms with E-state index in [4.69, 9.17) is 15.5 Å². The number of hydrogen-bond donors (Lipinski definition) is 2. The number of halogens is 1. The quantitative estimate of drug-likeness (QED) is 0.459. The van der Waals surface area contributed by atoms with Gasteiger partial charge in [-0.2, -0.15) is 9.61 Å². The highest BCUT2D eigenvalue weighted by Gasteiger charge is 2.28. The summed E-state index contributed by atoms with van der Waals surface area (Å²) in [6.07, 6.45) is 3.88. The van der Waals surface area contributed by atoms with Gasteiger partial charge in [0.05, 0.1) is 36.2 Å². The van der Waals surface area contributed by atoms with Gasteiger partial charge in [-0.3, -0.25) is 4.68 Å². The first kappa shape index (κ1) is 22.3. The molecule has 0 unspecified atom stereocenters. The molecule has 1 saturated heterocycles. The fourth-order valence-electron chi connectivity index (χ4n) is 4.68. The molecule has 1 aliphatic rings. The standard InChI is InChI=1S/C23H29FN8O2/c1-13-18(11-31(28-13)12-23(2,3)33)30-7-5-6-14(10-30)20-27-21-15-8-16(24)19(34-4)9-17(15)26-22(25)32(21)29-20/h8-9,11,14,33H,5-7,10,12H2,1-4H3,(H2,25,26)/t14-/m1/s1. The van der Waals surface area contributed by atoms with Gasteiger partial charge < -0.3 is 20.5 Å². The fourth-order valence-corrected chi connectivity index (χ4v) is 4.68. The number of piperidine rings is 1. The molecule has 0 aliphatic carbocycles. The van der Waals surface area contributed by atoms with Gasteiger partial charge in [0, 0.05) is 36.7 Å². The van der Waals surface area contributed by atoms with Gasteiger partial charge in [-0.15, -0.1) is 5.10 Å². The van der Waals surface area contributed by atoms with Gasteiger partial charge in [0.2, 0.25) is 5.95 Å². The molecule has 0 spiro atoms. The number of benzene rings is 1. The number of nitrogen functional groups attached to an aromatic ring is 1. The molecule has 0 radical (unpaired) electrons. The van der Waals surface area contributed by atoms with E-state index >= 15 is 0 Å². The first-order valence-corrected chi connectivity index (χ1v) is 11.3. The third kappa shape index (κ3) is 4.00. The van der Waals surface area contributed by atoms with Crippen molar-refractivity contribution in [3.05, 3.63) is 35.7 Å². The highest BCUT2D eigenvalue weighted by Crippen LogP contribution is 2.32. The van der Waals surface area contributed by atoms with Crippen LogP contribution in [0.3, 0.4) is 0 Å². The number of fused-ring (bicyclic) bond motifs is 3. The Bertz CT molecular complexity index is 1370. The van der Waals surface area contributed by atoms with Crippen molar-refractivity contribution in [2.24, 2.45) is 0 Å². The summed E-state index contributed by atoms with van der Waals surface area (Å²) in [5, 5.41) is 19.9. The summed E-state index contributed by atoms with van der Waals surface area (Å²) in [6.45, 7) is 7.55. The number of ether oxygens (including phenoxy) is 1. The molecule has 1 atom stereocenters. The summed E-state index contributed by atoms with van der Waals surface area (Å²) in [4.78, 5) is 11.4. The number of anilines is 2. The van der Waals surface area contributed by atoms with E-state index in [0.717, 1.165) is 37.3 Å². The highest BCUT2D eigenvalue weighted by molar-refractivity contribution is 5.93. The maximum atomic E-state index is 14.4. The summed E-state index contributed by atoms with van der Waals surface area (Å²) < 4.78 is 22.8. The SMILES string of the molecule is COc1cc2nc(N)n3nc([C@@H]4CCCN(c5cn(CC(C)(C)O)nc5C)C4)nc3c2cc1F. The zero-order valence-electron chi connectivity index (χ0n) is 19.8. The second-order valence-electron chi connectivity index (χ2n) is 9.57. The second-order valence-corrected chi connectivity index (χ2v) is 9.57. The lowest BCUT2D eigenvalue weighted by molar-refractivity contribution is 0.0577. The number of aliphatic hydroxyl groups is 1. The van der Waals surface area contributed by atoms with Crippen molar-refractivity contribution in [2.75, 3.05) is 30.8 Å². The maximum Gasteiger partial charge on any atom is 0.223 e. The van der Waals surface area contributed by atoms with Crippen molar-refractivity contribution in [1.82, 2.24) is 29.4 Å². The minimum Gasteiger partial charge on any atom is -0.494 e. The third-order valence-electron chi connectivity index (χ3n) is 6.18. The molecule has 1 fully saturated rings. The zero-order chi connectivity index (χ0) is 24.2. The van der Waals surface area contributed by atoms with Gasteiger partial charge in [0.1, 0.15) is 0 Å². The molecular formula is C23H29FN8O2. The van der Waals surface area contributed by atoms with Crippen molar-refractivity contribution >= 4 is 28.2 Å². The molecule has 1 aliphatic heterocycles. The van der Waals surface area contributed by atoms with Crippen molar-refractivity contribution in [2.45, 2.75) is 51.7 Å². The molecule has 11 heteroatoms. The van der Waals surface area contributed by atoms with Gasteiger partial charge in [0.15, 0.2) is 23.0 Å². The van der Waals surface area contributed by atoms with Gasteiger partial charge in [-0.05, 0) is 39.7 Å². The Morgan fingerprint density at radius 3 is 2.79 bits per heavy atom. The van der Waals surface area contributed by atoms with Crippen molar-refractivity contribution in [3.63, 3.8) is 0 Å².